The fraction of sp³-hybridized carbons (Fsp3) is 0.440. The SMILES string of the molecule is CN(C)c1nc(N[C@H]2CC[C@@H](CNCCc3ccc(F)cc3Cl)CC2)nc2ccccc12. The molecule has 1 aliphatic rings. The standard InChI is InChI=1S/C25H31ClFN5/c1-32(2)24-21-5-3-4-6-23(21)30-25(31-24)29-20-11-7-17(8-12-20)16-28-14-13-18-9-10-19(27)15-22(18)26/h3-6,9-10,15,17,20,28H,7-8,11-14,16H2,1-2H3,(H,29,30,31)/t17-,20+. The fourth-order valence-electron chi connectivity index (χ4n) is 4.41. The van der Waals surface area contributed by atoms with Crippen molar-refractivity contribution in [3.05, 3.63) is 58.9 Å². The average molecular weight is 456 g/mol. The van der Waals surface area contributed by atoms with E-state index < -0.39 is 0 Å². The van der Waals surface area contributed by atoms with E-state index in [1.54, 1.807) is 6.07 Å². The minimum atomic E-state index is -0.288. The molecule has 0 radical (unpaired) electrons. The highest BCUT2D eigenvalue weighted by Gasteiger charge is 2.22. The lowest BCUT2D eigenvalue weighted by molar-refractivity contribution is 0.325. The average Bonchev–Trinajstić information content (AvgIpc) is 2.78. The van der Waals surface area contributed by atoms with Gasteiger partial charge in [0, 0.05) is 30.5 Å². The molecule has 0 bridgehead atoms. The topological polar surface area (TPSA) is 53.1 Å². The molecule has 4 rings (SSSR count). The van der Waals surface area contributed by atoms with Gasteiger partial charge in [-0.2, -0.15) is 4.98 Å². The fourth-order valence-corrected chi connectivity index (χ4v) is 4.67. The summed E-state index contributed by atoms with van der Waals surface area (Å²) in [5.41, 5.74) is 1.95. The van der Waals surface area contributed by atoms with Gasteiger partial charge in [-0.3, -0.25) is 0 Å². The van der Waals surface area contributed by atoms with Gasteiger partial charge in [0.05, 0.1) is 5.52 Å². The van der Waals surface area contributed by atoms with E-state index in [-0.39, 0.29) is 5.82 Å². The molecule has 2 aromatic carbocycles. The van der Waals surface area contributed by atoms with Gasteiger partial charge in [0.2, 0.25) is 5.95 Å². The van der Waals surface area contributed by atoms with Crippen LogP contribution in [0.2, 0.25) is 5.02 Å². The van der Waals surface area contributed by atoms with Crippen molar-refractivity contribution in [1.82, 2.24) is 15.3 Å². The van der Waals surface area contributed by atoms with Crippen LogP contribution < -0.4 is 15.5 Å². The maximum absolute atomic E-state index is 13.2. The minimum Gasteiger partial charge on any atom is -0.362 e. The molecule has 0 atom stereocenters. The number of aromatic nitrogens is 2. The molecule has 5 nitrogen and oxygen atoms in total. The molecule has 3 aromatic rings. The highest BCUT2D eigenvalue weighted by Crippen LogP contribution is 2.28. The van der Waals surface area contributed by atoms with E-state index in [0.29, 0.717) is 22.9 Å². The van der Waals surface area contributed by atoms with E-state index in [2.05, 4.69) is 16.7 Å². The molecule has 1 saturated carbocycles. The summed E-state index contributed by atoms with van der Waals surface area (Å²) in [6.45, 7) is 1.85. The van der Waals surface area contributed by atoms with Crippen molar-refractivity contribution in [3.8, 4) is 0 Å². The Balaban J connectivity index is 1.24. The summed E-state index contributed by atoms with van der Waals surface area (Å²) in [7, 11) is 4.03. The van der Waals surface area contributed by atoms with Crippen LogP contribution in [0.5, 0.6) is 0 Å². The van der Waals surface area contributed by atoms with Crippen molar-refractivity contribution < 1.29 is 4.39 Å². The van der Waals surface area contributed by atoms with Gasteiger partial charge < -0.3 is 15.5 Å². The lowest BCUT2D eigenvalue weighted by Gasteiger charge is -2.29. The molecule has 32 heavy (non-hydrogen) atoms. The van der Waals surface area contributed by atoms with Gasteiger partial charge >= 0.3 is 0 Å². The Morgan fingerprint density at radius 3 is 2.59 bits per heavy atom. The van der Waals surface area contributed by atoms with Gasteiger partial charge in [-0.15, -0.1) is 0 Å². The quantitative estimate of drug-likeness (QED) is 0.452. The van der Waals surface area contributed by atoms with Crippen molar-refractivity contribution >= 4 is 34.3 Å². The van der Waals surface area contributed by atoms with Crippen LogP contribution in [0.1, 0.15) is 31.2 Å². The Kier molecular flexibility index (Phi) is 7.43. The Morgan fingerprint density at radius 1 is 1.06 bits per heavy atom. The first-order valence-corrected chi connectivity index (χ1v) is 11.7. The number of rotatable bonds is 8. The zero-order valence-corrected chi connectivity index (χ0v) is 19.5. The number of nitrogens with zero attached hydrogens (tertiary/aromatic N) is 3. The lowest BCUT2D eigenvalue weighted by atomic mass is 9.86. The predicted molar refractivity (Wildman–Crippen MR) is 131 cm³/mol. The number of fused-ring (bicyclic) bond motifs is 1. The first-order chi connectivity index (χ1) is 15.5. The number of halogens is 2. The second-order valence-corrected chi connectivity index (χ2v) is 9.24. The summed E-state index contributed by atoms with van der Waals surface area (Å²) in [6, 6.07) is 13.2. The van der Waals surface area contributed by atoms with Crippen molar-refractivity contribution in [1.29, 1.82) is 0 Å². The third kappa shape index (κ3) is 5.67. The zero-order valence-electron chi connectivity index (χ0n) is 18.7. The Hall–Kier alpha value is -2.44. The molecular formula is C25H31ClFN5. The molecule has 1 heterocycles. The molecule has 2 N–H and O–H groups in total. The minimum absolute atomic E-state index is 0.288. The van der Waals surface area contributed by atoms with E-state index in [1.165, 1.54) is 25.0 Å². The molecular weight excluding hydrogens is 425 g/mol. The molecule has 0 aliphatic heterocycles. The summed E-state index contributed by atoms with van der Waals surface area (Å²) >= 11 is 6.11. The van der Waals surface area contributed by atoms with Gasteiger partial charge in [-0.25, -0.2) is 9.37 Å². The van der Waals surface area contributed by atoms with Crippen molar-refractivity contribution in [2.24, 2.45) is 5.92 Å². The largest absolute Gasteiger partial charge is 0.362 e. The number of nitrogens with one attached hydrogen (secondary N) is 2. The van der Waals surface area contributed by atoms with Gasteiger partial charge in [-0.1, -0.05) is 29.8 Å². The molecule has 1 aliphatic carbocycles. The van der Waals surface area contributed by atoms with E-state index in [1.807, 2.05) is 37.2 Å². The Bertz CT molecular complexity index is 1050. The number of para-hydroxylation sites is 1. The van der Waals surface area contributed by atoms with Crippen LogP contribution >= 0.6 is 11.6 Å². The van der Waals surface area contributed by atoms with Gasteiger partial charge in [-0.05, 0) is 80.9 Å². The van der Waals surface area contributed by atoms with Gasteiger partial charge in [0.25, 0.3) is 0 Å². The Morgan fingerprint density at radius 2 is 1.84 bits per heavy atom. The molecule has 0 amide bonds. The summed E-state index contributed by atoms with van der Waals surface area (Å²) < 4.78 is 13.2. The molecule has 0 spiro atoms. The number of anilines is 2. The first-order valence-electron chi connectivity index (χ1n) is 11.3. The normalized spacial score (nSPS) is 18.6. The highest BCUT2D eigenvalue weighted by atomic mass is 35.5. The highest BCUT2D eigenvalue weighted by molar-refractivity contribution is 6.31. The van der Waals surface area contributed by atoms with Crippen LogP contribution in [0, 0.1) is 11.7 Å². The maximum atomic E-state index is 13.2. The third-order valence-corrected chi connectivity index (χ3v) is 6.56. The van der Waals surface area contributed by atoms with Crippen LogP contribution in [0.25, 0.3) is 10.9 Å². The Labute approximate surface area is 194 Å². The van der Waals surface area contributed by atoms with Gasteiger partial charge in [0.1, 0.15) is 11.6 Å². The van der Waals surface area contributed by atoms with Crippen molar-refractivity contribution in [3.63, 3.8) is 0 Å². The summed E-state index contributed by atoms with van der Waals surface area (Å²) in [5, 5.41) is 8.70. The number of hydrogen-bond acceptors (Lipinski definition) is 5. The van der Waals surface area contributed by atoms with Crippen LogP contribution in [0.3, 0.4) is 0 Å². The monoisotopic (exact) mass is 455 g/mol. The second-order valence-electron chi connectivity index (χ2n) is 8.83. The first kappa shape index (κ1) is 22.7. The number of benzene rings is 2. The second kappa shape index (κ2) is 10.5. The number of hydrogen-bond donors (Lipinski definition) is 2. The van der Waals surface area contributed by atoms with E-state index >= 15 is 0 Å². The van der Waals surface area contributed by atoms with Crippen LogP contribution in [-0.4, -0.2) is 43.2 Å². The summed E-state index contributed by atoms with van der Waals surface area (Å²) in [6.07, 6.45) is 5.39. The van der Waals surface area contributed by atoms with E-state index in [4.69, 9.17) is 21.6 Å². The zero-order chi connectivity index (χ0) is 22.5. The van der Waals surface area contributed by atoms with E-state index in [0.717, 1.165) is 54.6 Å². The smallest absolute Gasteiger partial charge is 0.225 e. The summed E-state index contributed by atoms with van der Waals surface area (Å²) in [5.74, 6) is 2.04. The molecule has 1 aromatic heterocycles. The molecule has 0 saturated heterocycles. The summed E-state index contributed by atoms with van der Waals surface area (Å²) in [4.78, 5) is 11.5. The van der Waals surface area contributed by atoms with Crippen LogP contribution in [0.4, 0.5) is 16.2 Å². The molecule has 7 heteroatoms. The van der Waals surface area contributed by atoms with Crippen molar-refractivity contribution in [2.75, 3.05) is 37.4 Å². The molecule has 1 fully saturated rings. The van der Waals surface area contributed by atoms with Crippen molar-refractivity contribution in [2.45, 2.75) is 38.1 Å². The lowest BCUT2D eigenvalue weighted by Crippen LogP contribution is -2.32. The predicted octanol–water partition coefficient (Wildman–Crippen LogP) is 5.29. The van der Waals surface area contributed by atoms with Gasteiger partial charge in [0.15, 0.2) is 0 Å². The van der Waals surface area contributed by atoms with E-state index in [9.17, 15) is 4.39 Å². The van der Waals surface area contributed by atoms with Crippen LogP contribution in [0.15, 0.2) is 42.5 Å². The molecule has 170 valence electrons. The maximum Gasteiger partial charge on any atom is 0.225 e. The van der Waals surface area contributed by atoms with Crippen LogP contribution in [-0.2, 0) is 6.42 Å². The third-order valence-electron chi connectivity index (χ3n) is 6.21. The molecule has 0 unspecified atom stereocenters.